The maximum absolute atomic E-state index is 13.2. The lowest BCUT2D eigenvalue weighted by molar-refractivity contribution is -0.140. The van der Waals surface area contributed by atoms with Crippen LogP contribution in [0.2, 0.25) is 0 Å². The van der Waals surface area contributed by atoms with Crippen molar-refractivity contribution in [2.24, 2.45) is 11.8 Å². The highest BCUT2D eigenvalue weighted by molar-refractivity contribution is 7.30. The van der Waals surface area contributed by atoms with Crippen LogP contribution < -0.4 is 9.47 Å². The molecule has 0 aliphatic rings. The summed E-state index contributed by atoms with van der Waals surface area (Å²) < 4.78 is 11.9. The molecular formula is C48H58O4S6. The molecule has 0 amide bonds. The smallest absolute Gasteiger partial charge is 0.315 e. The van der Waals surface area contributed by atoms with Crippen LogP contribution in [-0.4, -0.2) is 11.9 Å². The van der Waals surface area contributed by atoms with Crippen LogP contribution in [-0.2, 0) is 9.59 Å². The molecule has 0 aromatic carbocycles. The second kappa shape index (κ2) is 23.2. The standard InChI is InChI=1S/C48H58O4S6/c1-5-9-13-15-19-33(17-11-7-3)47(49)51-45-31-29-43(57-45)41-27-25-39(55-41)37-23-21-35(53-37)36-22-24-38(54-36)40-26-28-42(56-40)44-30-32-46(58-44)52-48(50)34(18-12-8-4)20-16-14-10-6-2/h21-34H,5-20H2,1-4H3. The van der Waals surface area contributed by atoms with Gasteiger partial charge in [0, 0.05) is 48.8 Å². The van der Waals surface area contributed by atoms with Gasteiger partial charge in [-0.05, 0) is 98.5 Å². The number of unbranched alkanes of at least 4 members (excludes halogenated alkanes) is 8. The average molecular weight is 891 g/mol. The van der Waals surface area contributed by atoms with Crippen LogP contribution in [0.4, 0.5) is 0 Å². The van der Waals surface area contributed by atoms with Gasteiger partial charge in [0.15, 0.2) is 10.1 Å². The molecule has 0 aliphatic heterocycles. The highest BCUT2D eigenvalue weighted by atomic mass is 32.1. The van der Waals surface area contributed by atoms with Gasteiger partial charge in [-0.25, -0.2) is 0 Å². The lowest BCUT2D eigenvalue weighted by Gasteiger charge is -2.14. The van der Waals surface area contributed by atoms with Crippen molar-refractivity contribution >= 4 is 80.0 Å². The monoisotopic (exact) mass is 890 g/mol. The van der Waals surface area contributed by atoms with Gasteiger partial charge in [-0.1, -0.05) is 127 Å². The summed E-state index contributed by atoms with van der Waals surface area (Å²) in [6.45, 7) is 8.80. The number of esters is 2. The van der Waals surface area contributed by atoms with Gasteiger partial charge in [-0.2, -0.15) is 0 Å². The molecule has 0 fully saturated rings. The van der Waals surface area contributed by atoms with Gasteiger partial charge < -0.3 is 9.47 Å². The second-order valence-corrected chi connectivity index (χ2v) is 21.5. The summed E-state index contributed by atoms with van der Waals surface area (Å²) in [6.07, 6.45) is 17.4. The molecule has 2 atom stereocenters. The Hall–Kier alpha value is -2.86. The lowest BCUT2D eigenvalue weighted by Crippen LogP contribution is -2.20. The molecule has 0 radical (unpaired) electrons. The van der Waals surface area contributed by atoms with Gasteiger partial charge >= 0.3 is 11.9 Å². The third-order valence-electron chi connectivity index (χ3n) is 10.5. The van der Waals surface area contributed by atoms with E-state index in [4.69, 9.17) is 9.47 Å². The quantitative estimate of drug-likeness (QED) is 0.0424. The topological polar surface area (TPSA) is 52.6 Å². The van der Waals surface area contributed by atoms with E-state index in [0.29, 0.717) is 10.1 Å². The first-order valence-corrected chi connectivity index (χ1v) is 26.3. The molecule has 2 unspecified atom stereocenters. The molecule has 0 saturated heterocycles. The number of carbonyl (C=O) groups excluding carboxylic acids is 2. The first kappa shape index (κ1) is 44.7. The highest BCUT2D eigenvalue weighted by Gasteiger charge is 2.23. The minimum Gasteiger partial charge on any atom is -0.415 e. The molecule has 6 heterocycles. The van der Waals surface area contributed by atoms with Crippen molar-refractivity contribution in [1.29, 1.82) is 0 Å². The summed E-state index contributed by atoms with van der Waals surface area (Å²) in [7, 11) is 0. The Morgan fingerprint density at radius 1 is 0.362 bits per heavy atom. The van der Waals surface area contributed by atoms with Gasteiger partial charge in [-0.15, -0.1) is 45.3 Å². The third kappa shape index (κ3) is 12.6. The minimum atomic E-state index is -0.0671. The van der Waals surface area contributed by atoms with Crippen LogP contribution >= 0.6 is 68.0 Å². The number of carbonyl (C=O) groups is 2. The number of hydrogen-bond acceptors (Lipinski definition) is 10. The molecule has 6 aromatic rings. The Kier molecular flexibility index (Phi) is 17.9. The molecule has 0 N–H and O–H groups in total. The van der Waals surface area contributed by atoms with E-state index in [2.05, 4.69) is 88.4 Å². The van der Waals surface area contributed by atoms with Crippen molar-refractivity contribution in [3.8, 4) is 58.9 Å². The summed E-state index contributed by atoms with van der Waals surface area (Å²) >= 11 is 10.4. The Balaban J connectivity index is 1.04. The zero-order valence-electron chi connectivity index (χ0n) is 34.5. The van der Waals surface area contributed by atoms with E-state index in [-0.39, 0.29) is 23.8 Å². The van der Waals surface area contributed by atoms with Gasteiger partial charge in [-0.3, -0.25) is 9.59 Å². The number of thiophene rings is 6. The summed E-state index contributed by atoms with van der Waals surface area (Å²) in [6, 6.07) is 25.8. The van der Waals surface area contributed by atoms with Crippen LogP contribution in [0.3, 0.4) is 0 Å². The molecule has 0 saturated carbocycles. The van der Waals surface area contributed by atoms with Crippen LogP contribution in [0.25, 0.3) is 48.8 Å². The predicted molar refractivity (Wildman–Crippen MR) is 256 cm³/mol. The maximum atomic E-state index is 13.2. The SMILES string of the molecule is CCCCCCC(CCCC)C(=O)Oc1ccc(-c2ccc(-c3ccc(-c4ccc(-c5ccc(-c6ccc(OC(=O)C(CCCC)CCCCCC)s6)s5)s4)s3)s2)s1. The summed E-state index contributed by atoms with van der Waals surface area (Å²) in [5, 5.41) is 1.38. The highest BCUT2D eigenvalue weighted by Crippen LogP contribution is 2.47. The zero-order chi connectivity index (χ0) is 40.7. The third-order valence-corrected chi connectivity index (χ3v) is 17.7. The largest absolute Gasteiger partial charge is 0.415 e. The molecule has 0 bridgehead atoms. The molecular weight excluding hydrogens is 833 g/mol. The predicted octanol–water partition coefficient (Wildman–Crippen LogP) is 17.8. The van der Waals surface area contributed by atoms with E-state index in [9.17, 15) is 9.59 Å². The Morgan fingerprint density at radius 3 is 0.914 bits per heavy atom. The molecule has 0 spiro atoms. The van der Waals surface area contributed by atoms with Crippen molar-refractivity contribution in [2.75, 3.05) is 0 Å². The van der Waals surface area contributed by atoms with Crippen LogP contribution in [0, 0.1) is 11.8 Å². The summed E-state index contributed by atoms with van der Waals surface area (Å²) in [5.41, 5.74) is 0. The van der Waals surface area contributed by atoms with Crippen molar-refractivity contribution in [2.45, 2.75) is 130 Å². The molecule has 6 rings (SSSR count). The normalized spacial score (nSPS) is 12.6. The van der Waals surface area contributed by atoms with Crippen LogP contribution in [0.5, 0.6) is 10.1 Å². The molecule has 6 aromatic heterocycles. The van der Waals surface area contributed by atoms with Crippen molar-refractivity contribution in [1.82, 2.24) is 0 Å². The average Bonchev–Trinajstić information content (AvgIpc) is 4.07. The Morgan fingerprint density at radius 2 is 0.621 bits per heavy atom. The van der Waals surface area contributed by atoms with E-state index < -0.39 is 0 Å². The first-order valence-electron chi connectivity index (χ1n) is 21.4. The molecule has 0 aliphatic carbocycles. The fourth-order valence-corrected chi connectivity index (χ4v) is 13.3. The Bertz CT molecular complexity index is 1990. The van der Waals surface area contributed by atoms with Gasteiger partial charge in [0.05, 0.1) is 11.8 Å². The fourth-order valence-electron chi connectivity index (χ4n) is 7.09. The summed E-state index contributed by atoms with van der Waals surface area (Å²) in [5.74, 6) is -0.156. The van der Waals surface area contributed by atoms with Crippen molar-refractivity contribution in [3.05, 3.63) is 72.8 Å². The molecule has 310 valence electrons. The summed E-state index contributed by atoms with van der Waals surface area (Å²) in [4.78, 5) is 38.5. The second-order valence-electron chi connectivity index (χ2n) is 15.1. The molecule has 4 nitrogen and oxygen atoms in total. The van der Waals surface area contributed by atoms with Gasteiger partial charge in [0.2, 0.25) is 0 Å². The first-order chi connectivity index (χ1) is 28.4. The van der Waals surface area contributed by atoms with Crippen LogP contribution in [0.15, 0.2) is 72.8 Å². The van der Waals surface area contributed by atoms with E-state index in [1.165, 1.54) is 77.5 Å². The molecule has 10 heteroatoms. The van der Waals surface area contributed by atoms with Crippen LogP contribution in [0.1, 0.15) is 130 Å². The Labute approximate surface area is 370 Å². The van der Waals surface area contributed by atoms with Gasteiger partial charge in [0.25, 0.3) is 0 Å². The number of ether oxygens (including phenoxy) is 2. The van der Waals surface area contributed by atoms with E-state index >= 15 is 0 Å². The van der Waals surface area contributed by atoms with E-state index in [1.807, 2.05) is 34.8 Å². The van der Waals surface area contributed by atoms with E-state index in [1.54, 1.807) is 45.3 Å². The zero-order valence-corrected chi connectivity index (χ0v) is 39.4. The van der Waals surface area contributed by atoms with Crippen molar-refractivity contribution in [3.63, 3.8) is 0 Å². The number of rotatable bonds is 25. The van der Waals surface area contributed by atoms with Crippen molar-refractivity contribution < 1.29 is 19.1 Å². The van der Waals surface area contributed by atoms with E-state index in [0.717, 1.165) is 74.0 Å². The fraction of sp³-hybridized carbons (Fsp3) is 0.458. The minimum absolute atomic E-state index is 0.0110. The number of hydrogen-bond donors (Lipinski definition) is 0. The maximum Gasteiger partial charge on any atom is 0.315 e. The lowest BCUT2D eigenvalue weighted by atomic mass is 9.95. The molecule has 58 heavy (non-hydrogen) atoms. The van der Waals surface area contributed by atoms with Gasteiger partial charge in [0.1, 0.15) is 0 Å².